The van der Waals surface area contributed by atoms with Gasteiger partial charge in [-0.25, -0.2) is 9.97 Å². The van der Waals surface area contributed by atoms with Crippen LogP contribution in [0.5, 0.6) is 0 Å². The van der Waals surface area contributed by atoms with Crippen LogP contribution in [-0.4, -0.2) is 72.0 Å². The summed E-state index contributed by atoms with van der Waals surface area (Å²) in [7, 11) is 5.95. The van der Waals surface area contributed by atoms with Crippen LogP contribution >= 0.6 is 0 Å². The molecule has 1 saturated heterocycles. The van der Waals surface area contributed by atoms with Crippen LogP contribution in [0.25, 0.3) is 0 Å². The first-order chi connectivity index (χ1) is 14.4. The third-order valence-electron chi connectivity index (χ3n) is 6.41. The number of nitrogens with zero attached hydrogens (tertiary/aromatic N) is 5. The first-order valence-corrected chi connectivity index (χ1v) is 11.7. The maximum absolute atomic E-state index is 13.4. The van der Waals surface area contributed by atoms with E-state index in [-0.39, 0.29) is 18.0 Å². The topological polar surface area (TPSA) is 64.6 Å². The number of carbonyl (C=O) groups is 1. The Kier molecular flexibility index (Phi) is 8.06. The van der Waals surface area contributed by atoms with E-state index in [9.17, 15) is 4.79 Å². The number of carbonyl (C=O) groups excluding carboxylic acids is 1. The first kappa shape index (κ1) is 22.9. The highest BCUT2D eigenvalue weighted by atomic mass is 16.2. The van der Waals surface area contributed by atoms with Crippen LogP contribution in [0.3, 0.4) is 0 Å². The van der Waals surface area contributed by atoms with E-state index in [1.54, 1.807) is 0 Å². The second kappa shape index (κ2) is 10.5. The maximum atomic E-state index is 13.4. The van der Waals surface area contributed by atoms with Gasteiger partial charge in [0.25, 0.3) is 0 Å². The smallest absolute Gasteiger partial charge is 0.237 e. The average molecular weight is 417 g/mol. The van der Waals surface area contributed by atoms with Gasteiger partial charge in [0.1, 0.15) is 11.6 Å². The molecule has 1 amide bonds. The van der Waals surface area contributed by atoms with Gasteiger partial charge in [0.2, 0.25) is 5.91 Å². The Morgan fingerprint density at radius 2 is 1.90 bits per heavy atom. The number of nitrogens with one attached hydrogen (secondary N) is 1. The molecule has 1 aliphatic carbocycles. The van der Waals surface area contributed by atoms with Crippen molar-refractivity contribution in [3.05, 3.63) is 17.6 Å². The van der Waals surface area contributed by atoms with Crippen molar-refractivity contribution in [1.82, 2.24) is 25.1 Å². The Labute approximate surface area is 182 Å². The van der Waals surface area contributed by atoms with Crippen LogP contribution in [0.4, 0.5) is 5.82 Å². The molecule has 1 aromatic rings. The second-order valence-electron chi connectivity index (χ2n) is 9.32. The molecule has 2 heterocycles. The van der Waals surface area contributed by atoms with Crippen molar-refractivity contribution in [1.29, 1.82) is 0 Å². The van der Waals surface area contributed by atoms with E-state index in [0.717, 1.165) is 49.6 Å². The van der Waals surface area contributed by atoms with E-state index in [0.29, 0.717) is 19.1 Å². The molecule has 30 heavy (non-hydrogen) atoms. The van der Waals surface area contributed by atoms with Crippen LogP contribution < -0.4 is 10.2 Å². The van der Waals surface area contributed by atoms with Crippen LogP contribution in [0, 0.1) is 0 Å². The number of rotatable bonds is 8. The number of aromatic nitrogens is 2. The molecule has 7 heteroatoms. The van der Waals surface area contributed by atoms with E-state index in [2.05, 4.69) is 29.0 Å². The van der Waals surface area contributed by atoms with E-state index in [1.807, 2.05) is 32.1 Å². The van der Waals surface area contributed by atoms with Crippen molar-refractivity contribution < 1.29 is 4.79 Å². The van der Waals surface area contributed by atoms with Crippen LogP contribution in [0.15, 0.2) is 6.07 Å². The van der Waals surface area contributed by atoms with Crippen LogP contribution in [0.1, 0.15) is 76.4 Å². The quantitative estimate of drug-likeness (QED) is 0.703. The van der Waals surface area contributed by atoms with Gasteiger partial charge in [0.15, 0.2) is 0 Å². The molecule has 0 aromatic carbocycles. The lowest BCUT2D eigenvalue weighted by molar-refractivity contribution is -0.137. The summed E-state index contributed by atoms with van der Waals surface area (Å²) in [5.74, 6) is 2.04. The Morgan fingerprint density at radius 3 is 2.53 bits per heavy atom. The molecular formula is C23H40N6O. The van der Waals surface area contributed by atoms with Crippen molar-refractivity contribution >= 4 is 11.7 Å². The molecule has 7 nitrogen and oxygen atoms in total. The Bertz CT molecular complexity index is 701. The highest BCUT2D eigenvalue weighted by Crippen LogP contribution is 2.32. The molecule has 2 fully saturated rings. The lowest BCUT2D eigenvalue weighted by atomic mass is 9.93. The van der Waals surface area contributed by atoms with Crippen molar-refractivity contribution in [3.8, 4) is 0 Å². The van der Waals surface area contributed by atoms with Gasteiger partial charge in [-0.2, -0.15) is 0 Å². The standard InChI is InChI=1S/C23H40N6O/c1-17(2)29(19-10-7-6-8-11-19)22(30)16-28-13-9-12-20(28)23-25-18(15-24-3)14-21(26-23)27(4)5/h14,17,19-20,24H,6-13,15-16H2,1-5H3. The summed E-state index contributed by atoms with van der Waals surface area (Å²) >= 11 is 0. The van der Waals surface area contributed by atoms with Gasteiger partial charge >= 0.3 is 0 Å². The SMILES string of the molecule is CNCc1cc(N(C)C)nc(C2CCCN2CC(=O)N(C(C)C)C2CCCCC2)n1. The lowest BCUT2D eigenvalue weighted by Gasteiger charge is -2.38. The summed E-state index contributed by atoms with van der Waals surface area (Å²) < 4.78 is 0. The van der Waals surface area contributed by atoms with Gasteiger partial charge in [-0.15, -0.1) is 0 Å². The molecule has 1 N–H and O–H groups in total. The minimum Gasteiger partial charge on any atom is -0.363 e. The molecule has 1 aliphatic heterocycles. The van der Waals surface area contributed by atoms with E-state index >= 15 is 0 Å². The number of anilines is 1. The Hall–Kier alpha value is -1.73. The fraction of sp³-hybridized carbons (Fsp3) is 0.783. The third-order valence-corrected chi connectivity index (χ3v) is 6.41. The summed E-state index contributed by atoms with van der Waals surface area (Å²) in [6, 6.07) is 2.80. The van der Waals surface area contributed by atoms with Crippen molar-refractivity contribution in [3.63, 3.8) is 0 Å². The summed E-state index contributed by atoms with van der Waals surface area (Å²) in [5, 5.41) is 3.19. The van der Waals surface area contributed by atoms with Gasteiger partial charge in [0, 0.05) is 38.8 Å². The molecule has 1 aromatic heterocycles. The van der Waals surface area contributed by atoms with Crippen molar-refractivity contribution in [2.75, 3.05) is 39.1 Å². The van der Waals surface area contributed by atoms with Crippen LogP contribution in [0.2, 0.25) is 0 Å². The van der Waals surface area contributed by atoms with Gasteiger partial charge in [-0.3, -0.25) is 9.69 Å². The number of likely N-dealkylation sites (tertiary alicyclic amines) is 1. The number of hydrogen-bond donors (Lipinski definition) is 1. The molecule has 2 aliphatic rings. The molecule has 168 valence electrons. The molecule has 0 radical (unpaired) electrons. The number of hydrogen-bond acceptors (Lipinski definition) is 6. The second-order valence-corrected chi connectivity index (χ2v) is 9.32. The normalized spacial score (nSPS) is 20.7. The minimum absolute atomic E-state index is 0.116. The zero-order valence-electron chi connectivity index (χ0n) is 19.5. The van der Waals surface area contributed by atoms with Crippen molar-refractivity contribution in [2.24, 2.45) is 0 Å². The van der Waals surface area contributed by atoms with E-state index < -0.39 is 0 Å². The summed E-state index contributed by atoms with van der Waals surface area (Å²) in [6.45, 7) is 6.42. The first-order valence-electron chi connectivity index (χ1n) is 11.7. The molecule has 1 unspecified atom stereocenters. The zero-order valence-corrected chi connectivity index (χ0v) is 19.5. The van der Waals surface area contributed by atoms with E-state index in [4.69, 9.17) is 9.97 Å². The Morgan fingerprint density at radius 1 is 1.17 bits per heavy atom. The zero-order chi connectivity index (χ0) is 21.7. The predicted octanol–water partition coefficient (Wildman–Crippen LogP) is 2.97. The third kappa shape index (κ3) is 5.49. The molecular weight excluding hydrogens is 376 g/mol. The monoisotopic (exact) mass is 416 g/mol. The summed E-state index contributed by atoms with van der Waals surface area (Å²) in [6.07, 6.45) is 8.18. The predicted molar refractivity (Wildman–Crippen MR) is 122 cm³/mol. The molecule has 0 bridgehead atoms. The molecule has 0 spiro atoms. The van der Waals surface area contributed by atoms with Gasteiger partial charge in [0.05, 0.1) is 18.3 Å². The lowest BCUT2D eigenvalue weighted by Crippen LogP contribution is -2.49. The minimum atomic E-state index is 0.116. The van der Waals surface area contributed by atoms with Gasteiger partial charge in [-0.05, 0) is 53.1 Å². The Balaban J connectivity index is 1.77. The highest BCUT2D eigenvalue weighted by Gasteiger charge is 2.34. The average Bonchev–Trinajstić information content (AvgIpc) is 3.16. The largest absolute Gasteiger partial charge is 0.363 e. The maximum Gasteiger partial charge on any atom is 0.237 e. The molecule has 1 saturated carbocycles. The van der Waals surface area contributed by atoms with Gasteiger partial charge < -0.3 is 15.1 Å². The van der Waals surface area contributed by atoms with Crippen molar-refractivity contribution in [2.45, 2.75) is 83.5 Å². The van der Waals surface area contributed by atoms with Gasteiger partial charge in [-0.1, -0.05) is 19.3 Å². The summed E-state index contributed by atoms with van der Waals surface area (Å²) in [4.78, 5) is 29.6. The van der Waals surface area contributed by atoms with Crippen LogP contribution in [-0.2, 0) is 11.3 Å². The number of amides is 1. The fourth-order valence-electron chi connectivity index (χ4n) is 4.99. The molecule has 3 rings (SSSR count). The fourth-order valence-corrected chi connectivity index (χ4v) is 4.99. The highest BCUT2D eigenvalue weighted by molar-refractivity contribution is 5.79. The molecule has 1 atom stereocenters. The summed E-state index contributed by atoms with van der Waals surface area (Å²) in [5.41, 5.74) is 0.996. The van der Waals surface area contributed by atoms with E-state index in [1.165, 1.54) is 19.3 Å².